The highest BCUT2D eigenvalue weighted by molar-refractivity contribution is 7.47. The number of esters is 2. The third-order valence-corrected chi connectivity index (χ3v) is 6.07. The van der Waals surface area contributed by atoms with Gasteiger partial charge in [-0.25, -0.2) is 4.57 Å². The number of carbonyl (C=O) groups excluding carboxylic acids is 2. The van der Waals surface area contributed by atoms with Crippen LogP contribution < -0.4 is 0 Å². The molecule has 0 aromatic heterocycles. The first kappa shape index (κ1) is 33.0. The number of phosphoric ester groups is 1. The maximum absolute atomic E-state index is 12.0. The van der Waals surface area contributed by atoms with Gasteiger partial charge in [0.1, 0.15) is 12.2 Å². The molecule has 0 aromatic carbocycles. The van der Waals surface area contributed by atoms with Crippen molar-refractivity contribution in [3.05, 3.63) is 0 Å². The summed E-state index contributed by atoms with van der Waals surface area (Å²) in [6, 6.07) is 0. The highest BCUT2D eigenvalue weighted by Crippen LogP contribution is 2.43. The fraction of sp³-hybridized carbons (Fsp3) is 0.913. The number of phosphoric acid groups is 1. The molecule has 0 aliphatic rings. The van der Waals surface area contributed by atoms with Crippen molar-refractivity contribution in [1.82, 2.24) is 0 Å². The SMILES string of the molecule is CCCCCCCCCCCCCC(=O)OC(CO)COP(=O)(O)OCC(CO)OC(=O)CC. The summed E-state index contributed by atoms with van der Waals surface area (Å²) in [5.74, 6) is -1.11. The average molecular weight is 513 g/mol. The minimum Gasteiger partial charge on any atom is -0.457 e. The van der Waals surface area contributed by atoms with E-state index in [1.165, 1.54) is 44.9 Å². The number of hydrogen-bond donors (Lipinski definition) is 3. The summed E-state index contributed by atoms with van der Waals surface area (Å²) in [7, 11) is -4.57. The van der Waals surface area contributed by atoms with Crippen molar-refractivity contribution in [2.24, 2.45) is 0 Å². The molecule has 0 amide bonds. The number of aliphatic hydroxyl groups is 2. The molecule has 34 heavy (non-hydrogen) atoms. The first-order valence-electron chi connectivity index (χ1n) is 12.5. The van der Waals surface area contributed by atoms with E-state index in [-0.39, 0.29) is 12.8 Å². The Morgan fingerprint density at radius 1 is 0.706 bits per heavy atom. The molecule has 0 spiro atoms. The second-order valence-corrected chi connectivity index (χ2v) is 9.74. The lowest BCUT2D eigenvalue weighted by molar-refractivity contribution is -0.153. The van der Waals surface area contributed by atoms with Crippen LogP contribution in [0.25, 0.3) is 0 Å². The Hall–Kier alpha value is -1.03. The number of rotatable bonds is 23. The molecule has 0 saturated carbocycles. The molecule has 3 N–H and O–H groups in total. The summed E-state index contributed by atoms with van der Waals surface area (Å²) in [6.45, 7) is 1.48. The van der Waals surface area contributed by atoms with E-state index in [9.17, 15) is 24.2 Å². The van der Waals surface area contributed by atoms with E-state index in [4.69, 9.17) is 23.6 Å². The molecular formula is C23H45O10P. The lowest BCUT2D eigenvalue weighted by Crippen LogP contribution is -2.28. The Labute approximate surface area is 203 Å². The molecule has 0 heterocycles. The quantitative estimate of drug-likeness (QED) is 0.104. The van der Waals surface area contributed by atoms with E-state index in [2.05, 4.69) is 6.92 Å². The fourth-order valence-electron chi connectivity index (χ4n) is 3.09. The fourth-order valence-corrected chi connectivity index (χ4v) is 3.87. The van der Waals surface area contributed by atoms with Crippen LogP contribution in [0.1, 0.15) is 97.3 Å². The number of carbonyl (C=O) groups is 2. The van der Waals surface area contributed by atoms with Crippen LogP contribution in [0.15, 0.2) is 0 Å². The number of ether oxygens (including phenoxy) is 2. The maximum atomic E-state index is 12.0. The van der Waals surface area contributed by atoms with Gasteiger partial charge < -0.3 is 24.6 Å². The van der Waals surface area contributed by atoms with E-state index < -0.39 is 58.4 Å². The van der Waals surface area contributed by atoms with Gasteiger partial charge in [-0.3, -0.25) is 18.6 Å². The largest absolute Gasteiger partial charge is 0.472 e. The van der Waals surface area contributed by atoms with E-state index in [0.29, 0.717) is 6.42 Å². The van der Waals surface area contributed by atoms with Crippen LogP contribution in [0.4, 0.5) is 0 Å². The summed E-state index contributed by atoms with van der Waals surface area (Å²) in [6.07, 6.45) is 10.8. The van der Waals surface area contributed by atoms with Gasteiger partial charge in [0, 0.05) is 12.8 Å². The molecule has 3 atom stereocenters. The van der Waals surface area contributed by atoms with Gasteiger partial charge >= 0.3 is 19.8 Å². The molecule has 0 saturated heterocycles. The Morgan fingerprint density at radius 2 is 1.12 bits per heavy atom. The monoisotopic (exact) mass is 512 g/mol. The third kappa shape index (κ3) is 19.3. The molecule has 0 fully saturated rings. The van der Waals surface area contributed by atoms with Crippen LogP contribution in [0.2, 0.25) is 0 Å². The van der Waals surface area contributed by atoms with Gasteiger partial charge in [-0.1, -0.05) is 78.1 Å². The van der Waals surface area contributed by atoms with Gasteiger partial charge in [0.2, 0.25) is 0 Å². The van der Waals surface area contributed by atoms with Crippen molar-refractivity contribution >= 4 is 19.8 Å². The van der Waals surface area contributed by atoms with Crippen molar-refractivity contribution < 1.29 is 47.8 Å². The predicted molar refractivity (Wildman–Crippen MR) is 127 cm³/mol. The number of aliphatic hydroxyl groups excluding tert-OH is 2. The first-order valence-corrected chi connectivity index (χ1v) is 14.0. The molecule has 0 aliphatic heterocycles. The second kappa shape index (κ2) is 21.3. The highest BCUT2D eigenvalue weighted by atomic mass is 31.2. The van der Waals surface area contributed by atoms with Crippen LogP contribution in [0.3, 0.4) is 0 Å². The van der Waals surface area contributed by atoms with Crippen molar-refractivity contribution in [3.63, 3.8) is 0 Å². The summed E-state index contributed by atoms with van der Waals surface area (Å²) in [5, 5.41) is 18.5. The Morgan fingerprint density at radius 3 is 1.53 bits per heavy atom. The summed E-state index contributed by atoms with van der Waals surface area (Å²) >= 11 is 0. The minimum atomic E-state index is -4.57. The highest BCUT2D eigenvalue weighted by Gasteiger charge is 2.27. The molecule has 3 unspecified atom stereocenters. The Bertz CT molecular complexity index is 572. The second-order valence-electron chi connectivity index (χ2n) is 8.29. The predicted octanol–water partition coefficient (Wildman–Crippen LogP) is 4.04. The van der Waals surface area contributed by atoms with Crippen LogP contribution in [-0.2, 0) is 32.7 Å². The van der Waals surface area contributed by atoms with Crippen molar-refractivity contribution in [3.8, 4) is 0 Å². The topological polar surface area (TPSA) is 149 Å². The van der Waals surface area contributed by atoms with Crippen molar-refractivity contribution in [2.75, 3.05) is 26.4 Å². The molecule has 0 radical (unpaired) electrons. The molecular weight excluding hydrogens is 467 g/mol. The zero-order valence-electron chi connectivity index (χ0n) is 20.8. The molecule has 10 nitrogen and oxygen atoms in total. The average Bonchev–Trinajstić information content (AvgIpc) is 2.82. The molecule has 0 bridgehead atoms. The number of unbranched alkanes of at least 4 members (excludes halogenated alkanes) is 10. The van der Waals surface area contributed by atoms with Crippen LogP contribution in [0, 0.1) is 0 Å². The maximum Gasteiger partial charge on any atom is 0.472 e. The van der Waals surface area contributed by atoms with Gasteiger partial charge in [0.05, 0.1) is 26.4 Å². The first-order chi connectivity index (χ1) is 16.3. The van der Waals surface area contributed by atoms with Gasteiger partial charge in [-0.15, -0.1) is 0 Å². The standard InChI is InChI=1S/C23H45O10P/c1-3-5-6-7-8-9-10-11-12-13-14-15-23(27)33-21(17-25)19-31-34(28,29)30-18-20(16-24)32-22(26)4-2/h20-21,24-25H,3-19H2,1-2H3,(H,28,29). The van der Waals surface area contributed by atoms with Crippen LogP contribution in [0.5, 0.6) is 0 Å². The molecule has 11 heteroatoms. The van der Waals surface area contributed by atoms with Crippen molar-refractivity contribution in [1.29, 1.82) is 0 Å². The summed E-state index contributed by atoms with van der Waals surface area (Å²) in [5.41, 5.74) is 0. The van der Waals surface area contributed by atoms with Gasteiger partial charge in [0.15, 0.2) is 0 Å². The molecule has 202 valence electrons. The van der Waals surface area contributed by atoms with Crippen LogP contribution in [-0.4, -0.2) is 65.7 Å². The van der Waals surface area contributed by atoms with Gasteiger partial charge in [-0.2, -0.15) is 0 Å². The molecule has 0 aliphatic carbocycles. The normalized spacial score (nSPS) is 14.9. The molecule has 0 rings (SSSR count). The Balaban J connectivity index is 3.99. The zero-order valence-corrected chi connectivity index (χ0v) is 21.7. The number of hydrogen-bond acceptors (Lipinski definition) is 9. The molecule has 0 aromatic rings. The third-order valence-electron chi connectivity index (χ3n) is 5.12. The zero-order chi connectivity index (χ0) is 25.7. The minimum absolute atomic E-state index is 0.0759. The lowest BCUT2D eigenvalue weighted by atomic mass is 10.1. The smallest absolute Gasteiger partial charge is 0.457 e. The summed E-state index contributed by atoms with van der Waals surface area (Å²) in [4.78, 5) is 32.9. The van der Waals surface area contributed by atoms with Crippen LogP contribution >= 0.6 is 7.82 Å². The van der Waals surface area contributed by atoms with Gasteiger partial charge in [0.25, 0.3) is 0 Å². The van der Waals surface area contributed by atoms with Gasteiger partial charge in [-0.05, 0) is 6.42 Å². The van der Waals surface area contributed by atoms with E-state index in [0.717, 1.165) is 19.3 Å². The van der Waals surface area contributed by atoms with E-state index in [1.54, 1.807) is 6.92 Å². The van der Waals surface area contributed by atoms with E-state index in [1.807, 2.05) is 0 Å². The van der Waals surface area contributed by atoms with Crippen molar-refractivity contribution in [2.45, 2.75) is 110 Å². The lowest BCUT2D eigenvalue weighted by Gasteiger charge is -2.20. The Kier molecular flexibility index (Phi) is 20.6. The van der Waals surface area contributed by atoms with E-state index >= 15 is 0 Å². The summed E-state index contributed by atoms with van der Waals surface area (Å²) < 4.78 is 31.3.